The number of hydrogen-bond donors (Lipinski definition) is 1. The van der Waals surface area contributed by atoms with Crippen LogP contribution in [0.4, 0.5) is 0 Å². The lowest BCUT2D eigenvalue weighted by atomic mass is 10.3. The van der Waals surface area contributed by atoms with E-state index in [0.717, 1.165) is 5.56 Å². The summed E-state index contributed by atoms with van der Waals surface area (Å²) < 4.78 is 10.00. The Labute approximate surface area is 76.3 Å². The van der Waals surface area contributed by atoms with Crippen LogP contribution in [-0.2, 0) is 5.75 Å². The van der Waals surface area contributed by atoms with Gasteiger partial charge in [-0.15, -0.1) is 0 Å². The lowest BCUT2D eigenvalue weighted by Gasteiger charge is -2.07. The summed E-state index contributed by atoms with van der Waals surface area (Å²) in [6, 6.07) is 0. The third kappa shape index (κ3) is 1.61. The summed E-state index contributed by atoms with van der Waals surface area (Å²) in [7, 11) is 3.10. The molecule has 1 aromatic heterocycles. The van der Waals surface area contributed by atoms with E-state index in [9.17, 15) is 0 Å². The van der Waals surface area contributed by atoms with Gasteiger partial charge >= 0.3 is 0 Å². The number of ether oxygens (including phenoxy) is 2. The Bertz CT molecular complexity index is 245. The Morgan fingerprint density at radius 1 is 1.25 bits per heavy atom. The van der Waals surface area contributed by atoms with Gasteiger partial charge < -0.3 is 9.47 Å². The van der Waals surface area contributed by atoms with Gasteiger partial charge in [0.2, 0.25) is 11.8 Å². The Morgan fingerprint density at radius 2 is 1.75 bits per heavy atom. The van der Waals surface area contributed by atoms with Crippen molar-refractivity contribution in [3.05, 3.63) is 11.9 Å². The molecule has 5 heteroatoms. The van der Waals surface area contributed by atoms with E-state index in [2.05, 4.69) is 22.6 Å². The van der Waals surface area contributed by atoms with Crippen LogP contribution in [0.2, 0.25) is 0 Å². The molecule has 1 heterocycles. The van der Waals surface area contributed by atoms with Crippen molar-refractivity contribution in [1.29, 1.82) is 0 Å². The molecule has 0 aliphatic rings. The molecule has 0 atom stereocenters. The second kappa shape index (κ2) is 4.15. The number of methoxy groups -OCH3 is 2. The Balaban J connectivity index is 3.13. The lowest BCUT2D eigenvalue weighted by Crippen LogP contribution is -1.99. The summed E-state index contributed by atoms with van der Waals surface area (Å²) in [6.07, 6.45) is 1.39. The predicted molar refractivity (Wildman–Crippen MR) is 47.8 cm³/mol. The van der Waals surface area contributed by atoms with Crippen LogP contribution in [0.15, 0.2) is 6.33 Å². The molecule has 0 saturated carbocycles. The maximum atomic E-state index is 5.00. The van der Waals surface area contributed by atoms with Gasteiger partial charge in [0.05, 0.1) is 19.8 Å². The molecule has 12 heavy (non-hydrogen) atoms. The minimum atomic E-state index is 0.493. The van der Waals surface area contributed by atoms with E-state index in [1.54, 1.807) is 14.2 Å². The highest BCUT2D eigenvalue weighted by atomic mass is 32.1. The molecule has 1 aromatic rings. The van der Waals surface area contributed by atoms with Crippen LogP contribution in [0.5, 0.6) is 11.8 Å². The molecule has 0 unspecified atom stereocenters. The maximum Gasteiger partial charge on any atom is 0.224 e. The molecule has 0 amide bonds. The van der Waals surface area contributed by atoms with Crippen molar-refractivity contribution in [2.24, 2.45) is 0 Å². The number of hydrogen-bond acceptors (Lipinski definition) is 5. The monoisotopic (exact) mass is 186 g/mol. The minimum absolute atomic E-state index is 0.493. The molecule has 0 saturated heterocycles. The molecule has 0 N–H and O–H groups in total. The van der Waals surface area contributed by atoms with Gasteiger partial charge in [-0.1, -0.05) is 0 Å². The number of nitrogens with zero attached hydrogens (tertiary/aromatic N) is 2. The van der Waals surface area contributed by atoms with E-state index >= 15 is 0 Å². The number of thiol groups is 1. The van der Waals surface area contributed by atoms with E-state index in [4.69, 9.17) is 9.47 Å². The second-order valence-electron chi connectivity index (χ2n) is 2.03. The van der Waals surface area contributed by atoms with E-state index in [-0.39, 0.29) is 0 Å². The molecule has 1 rings (SSSR count). The van der Waals surface area contributed by atoms with Crippen molar-refractivity contribution >= 4 is 12.6 Å². The zero-order valence-corrected chi connectivity index (χ0v) is 7.84. The van der Waals surface area contributed by atoms with Crippen LogP contribution in [0, 0.1) is 0 Å². The average molecular weight is 186 g/mol. The van der Waals surface area contributed by atoms with Crippen molar-refractivity contribution < 1.29 is 9.47 Å². The first kappa shape index (κ1) is 9.12. The molecule has 0 bridgehead atoms. The van der Waals surface area contributed by atoms with E-state index < -0.39 is 0 Å². The first-order valence-corrected chi connectivity index (χ1v) is 3.99. The first-order valence-electron chi connectivity index (χ1n) is 3.36. The van der Waals surface area contributed by atoms with Gasteiger partial charge in [-0.3, -0.25) is 0 Å². The first-order chi connectivity index (χ1) is 5.83. The highest BCUT2D eigenvalue weighted by molar-refractivity contribution is 7.79. The summed E-state index contributed by atoms with van der Waals surface area (Å²) >= 11 is 4.12. The molecular formula is C7H10N2O2S. The van der Waals surface area contributed by atoms with Gasteiger partial charge in [0.15, 0.2) is 0 Å². The molecular weight excluding hydrogens is 176 g/mol. The molecule has 66 valence electrons. The normalized spacial score (nSPS) is 9.58. The second-order valence-corrected chi connectivity index (χ2v) is 2.35. The van der Waals surface area contributed by atoms with Crippen molar-refractivity contribution in [3.8, 4) is 11.8 Å². The predicted octanol–water partition coefficient (Wildman–Crippen LogP) is 0.924. The molecule has 0 fully saturated rings. The van der Waals surface area contributed by atoms with Crippen LogP contribution < -0.4 is 9.47 Å². The highest BCUT2D eigenvalue weighted by Crippen LogP contribution is 2.24. The van der Waals surface area contributed by atoms with Crippen LogP contribution in [0.3, 0.4) is 0 Å². The molecule has 0 spiro atoms. The van der Waals surface area contributed by atoms with Crippen LogP contribution in [-0.4, -0.2) is 24.2 Å². The van der Waals surface area contributed by atoms with Crippen LogP contribution >= 0.6 is 12.6 Å². The quantitative estimate of drug-likeness (QED) is 0.713. The van der Waals surface area contributed by atoms with Crippen LogP contribution in [0.1, 0.15) is 5.56 Å². The van der Waals surface area contributed by atoms with Crippen LogP contribution in [0.25, 0.3) is 0 Å². The Hall–Kier alpha value is -0.970. The Morgan fingerprint density at radius 3 is 2.08 bits per heavy atom. The summed E-state index contributed by atoms with van der Waals surface area (Å²) in [5.74, 6) is 1.52. The molecule has 0 aromatic carbocycles. The fourth-order valence-corrected chi connectivity index (χ4v) is 1.14. The molecule has 0 radical (unpaired) electrons. The standard InChI is InChI=1S/C7H10N2O2S/c1-10-6-5(3-12)7(11-2)9-4-8-6/h4,12H,3H2,1-2H3. The zero-order chi connectivity index (χ0) is 8.97. The summed E-state index contributed by atoms with van der Waals surface area (Å²) in [6.45, 7) is 0. The fourth-order valence-electron chi connectivity index (χ4n) is 0.868. The number of rotatable bonds is 3. The zero-order valence-electron chi connectivity index (χ0n) is 6.94. The molecule has 0 aliphatic carbocycles. The smallest absolute Gasteiger partial charge is 0.224 e. The van der Waals surface area contributed by atoms with Gasteiger partial charge in [0, 0.05) is 5.75 Å². The van der Waals surface area contributed by atoms with Gasteiger partial charge in [-0.25, -0.2) is 9.97 Å². The topological polar surface area (TPSA) is 44.2 Å². The van der Waals surface area contributed by atoms with Gasteiger partial charge in [-0.05, 0) is 0 Å². The van der Waals surface area contributed by atoms with Gasteiger partial charge in [0.25, 0.3) is 0 Å². The summed E-state index contributed by atoms with van der Waals surface area (Å²) in [5, 5.41) is 0. The van der Waals surface area contributed by atoms with Crippen molar-refractivity contribution in [3.63, 3.8) is 0 Å². The third-order valence-corrected chi connectivity index (χ3v) is 1.73. The van der Waals surface area contributed by atoms with Crippen molar-refractivity contribution in [1.82, 2.24) is 9.97 Å². The minimum Gasteiger partial charge on any atom is -0.481 e. The fraction of sp³-hybridized carbons (Fsp3) is 0.429. The van der Waals surface area contributed by atoms with Gasteiger partial charge in [-0.2, -0.15) is 12.6 Å². The summed E-state index contributed by atoms with van der Waals surface area (Å²) in [5.41, 5.74) is 0.769. The Kier molecular flexibility index (Phi) is 3.16. The third-order valence-electron chi connectivity index (χ3n) is 1.41. The largest absolute Gasteiger partial charge is 0.481 e. The molecule has 0 aliphatic heterocycles. The molecule has 4 nitrogen and oxygen atoms in total. The van der Waals surface area contributed by atoms with E-state index in [0.29, 0.717) is 17.5 Å². The van der Waals surface area contributed by atoms with E-state index in [1.165, 1.54) is 6.33 Å². The van der Waals surface area contributed by atoms with Crippen molar-refractivity contribution in [2.75, 3.05) is 14.2 Å². The van der Waals surface area contributed by atoms with Crippen molar-refractivity contribution in [2.45, 2.75) is 5.75 Å². The van der Waals surface area contributed by atoms with Gasteiger partial charge in [0.1, 0.15) is 6.33 Å². The SMILES string of the molecule is COc1ncnc(OC)c1CS. The number of aromatic nitrogens is 2. The summed E-state index contributed by atoms with van der Waals surface area (Å²) in [4.78, 5) is 7.83. The van der Waals surface area contributed by atoms with E-state index in [1.807, 2.05) is 0 Å². The lowest BCUT2D eigenvalue weighted by molar-refractivity contribution is 0.365. The highest BCUT2D eigenvalue weighted by Gasteiger charge is 2.09. The average Bonchev–Trinajstić information content (AvgIpc) is 2.16. The maximum absolute atomic E-state index is 5.00.